The number of unbranched alkanes of at least 4 members (excludes halogenated alkanes) is 37. The van der Waals surface area contributed by atoms with E-state index < -0.39 is 12.1 Å². The van der Waals surface area contributed by atoms with Gasteiger partial charge in [0, 0.05) is 6.42 Å². The van der Waals surface area contributed by atoms with Crippen molar-refractivity contribution in [1.29, 1.82) is 0 Å². The number of hydrogen-bond acceptors (Lipinski definition) is 3. The zero-order valence-electron chi connectivity index (χ0n) is 35.6. The molecule has 1 amide bonds. The quantitative estimate of drug-likeness (QED) is 0.0431. The molecule has 0 aromatic heterocycles. The van der Waals surface area contributed by atoms with Gasteiger partial charge < -0.3 is 15.5 Å². The lowest BCUT2D eigenvalue weighted by molar-refractivity contribution is -0.123. The third-order valence-electron chi connectivity index (χ3n) is 11.3. The second-order valence-corrected chi connectivity index (χ2v) is 16.5. The van der Waals surface area contributed by atoms with Crippen molar-refractivity contribution in [3.8, 4) is 0 Å². The van der Waals surface area contributed by atoms with Crippen LogP contribution in [0.1, 0.15) is 271 Å². The van der Waals surface area contributed by atoms with Gasteiger partial charge in [-0.25, -0.2) is 0 Å². The molecule has 0 rings (SSSR count). The van der Waals surface area contributed by atoms with E-state index in [4.69, 9.17) is 0 Å². The molecule has 0 radical (unpaired) electrons. The van der Waals surface area contributed by atoms with Gasteiger partial charge in [-0.15, -0.1) is 0 Å². The van der Waals surface area contributed by atoms with Crippen LogP contribution in [-0.2, 0) is 4.79 Å². The highest BCUT2D eigenvalue weighted by Crippen LogP contribution is 2.17. The predicted octanol–water partition coefficient (Wildman–Crippen LogP) is 15.0. The Morgan fingerprint density at radius 1 is 0.442 bits per heavy atom. The first-order chi connectivity index (χ1) is 25.7. The van der Waals surface area contributed by atoms with Gasteiger partial charge in [-0.2, -0.15) is 0 Å². The summed E-state index contributed by atoms with van der Waals surface area (Å²) >= 11 is 0. The van der Waals surface area contributed by atoms with Gasteiger partial charge in [-0.3, -0.25) is 4.79 Å². The van der Waals surface area contributed by atoms with Crippen molar-refractivity contribution in [2.45, 2.75) is 283 Å². The van der Waals surface area contributed by atoms with E-state index >= 15 is 0 Å². The number of allylic oxidation sites excluding steroid dienone is 1. The standard InChI is InChI=1S/C48H95NO3/c1-3-5-7-9-11-13-15-17-19-20-21-22-23-24-25-26-27-28-29-30-32-34-36-38-40-42-44-48(52)49-46(45-50)47(51)43-41-39-37-35-33-31-18-16-14-12-10-8-6-4-2/h41,43,46-47,50-51H,3-40,42,44-45H2,1-2H3,(H,49,52)/b43-41+/t46-,47+/m0/s1. The van der Waals surface area contributed by atoms with Crippen LogP contribution in [0.4, 0.5) is 0 Å². The fourth-order valence-corrected chi connectivity index (χ4v) is 7.59. The van der Waals surface area contributed by atoms with Crippen LogP contribution in [0, 0.1) is 0 Å². The minimum Gasteiger partial charge on any atom is -0.394 e. The summed E-state index contributed by atoms with van der Waals surface area (Å²) in [5, 5.41) is 23.0. The molecule has 0 aliphatic carbocycles. The van der Waals surface area contributed by atoms with Crippen molar-refractivity contribution in [2.75, 3.05) is 6.61 Å². The molecule has 0 bridgehead atoms. The maximum absolute atomic E-state index is 12.4. The number of carbonyl (C=O) groups excluding carboxylic acids is 1. The molecule has 3 N–H and O–H groups in total. The van der Waals surface area contributed by atoms with Gasteiger partial charge >= 0.3 is 0 Å². The molecule has 4 heteroatoms. The molecule has 0 aliphatic heterocycles. The summed E-state index contributed by atoms with van der Waals surface area (Å²) in [6, 6.07) is -0.616. The largest absolute Gasteiger partial charge is 0.394 e. The number of aliphatic hydroxyl groups excluding tert-OH is 2. The second-order valence-electron chi connectivity index (χ2n) is 16.5. The summed E-state index contributed by atoms with van der Waals surface area (Å²) < 4.78 is 0. The van der Waals surface area contributed by atoms with E-state index in [1.165, 1.54) is 225 Å². The van der Waals surface area contributed by atoms with Crippen molar-refractivity contribution < 1.29 is 15.0 Å². The van der Waals surface area contributed by atoms with Crippen molar-refractivity contribution in [3.05, 3.63) is 12.2 Å². The second kappa shape index (κ2) is 44.5. The SMILES string of the molecule is CCCCCCCCCCCCCC/C=C/[C@@H](O)[C@H](CO)NC(=O)CCCCCCCCCCCCCCCCCCCCCCCCCCCC. The van der Waals surface area contributed by atoms with Gasteiger partial charge in [0.05, 0.1) is 18.8 Å². The lowest BCUT2D eigenvalue weighted by atomic mass is 10.0. The molecule has 4 nitrogen and oxygen atoms in total. The first-order valence-corrected chi connectivity index (χ1v) is 23.9. The van der Waals surface area contributed by atoms with Crippen LogP contribution < -0.4 is 5.32 Å². The van der Waals surface area contributed by atoms with Crippen LogP contribution in [0.25, 0.3) is 0 Å². The summed E-state index contributed by atoms with van der Waals surface area (Å²) in [4.78, 5) is 12.4. The first-order valence-electron chi connectivity index (χ1n) is 23.9. The average Bonchev–Trinajstić information content (AvgIpc) is 3.15. The van der Waals surface area contributed by atoms with Crippen molar-refractivity contribution in [2.24, 2.45) is 0 Å². The third-order valence-corrected chi connectivity index (χ3v) is 11.3. The molecular formula is C48H95NO3. The summed E-state index contributed by atoms with van der Waals surface area (Å²) in [5.41, 5.74) is 0. The van der Waals surface area contributed by atoms with E-state index in [-0.39, 0.29) is 12.5 Å². The Morgan fingerprint density at radius 2 is 0.712 bits per heavy atom. The molecule has 0 fully saturated rings. The maximum Gasteiger partial charge on any atom is 0.220 e. The maximum atomic E-state index is 12.4. The summed E-state index contributed by atoms with van der Waals surface area (Å²) in [6.07, 6.45) is 56.3. The first kappa shape index (κ1) is 51.1. The van der Waals surface area contributed by atoms with Gasteiger partial charge in [-0.1, -0.05) is 257 Å². The van der Waals surface area contributed by atoms with Crippen LogP contribution in [0.5, 0.6) is 0 Å². The van der Waals surface area contributed by atoms with Crippen molar-refractivity contribution in [1.82, 2.24) is 5.32 Å². The van der Waals surface area contributed by atoms with Crippen molar-refractivity contribution >= 4 is 5.91 Å². The Hall–Kier alpha value is -0.870. The molecule has 0 aliphatic rings. The van der Waals surface area contributed by atoms with E-state index in [9.17, 15) is 15.0 Å². The van der Waals surface area contributed by atoms with E-state index in [2.05, 4.69) is 19.2 Å². The van der Waals surface area contributed by atoms with Crippen LogP contribution in [0.3, 0.4) is 0 Å². The molecule has 0 unspecified atom stereocenters. The summed E-state index contributed by atoms with van der Waals surface area (Å²) in [5.74, 6) is -0.0585. The van der Waals surface area contributed by atoms with Gasteiger partial charge in [0.25, 0.3) is 0 Å². The van der Waals surface area contributed by atoms with E-state index in [1.807, 2.05) is 6.08 Å². The van der Waals surface area contributed by atoms with Crippen LogP contribution in [0.15, 0.2) is 12.2 Å². The summed E-state index contributed by atoms with van der Waals surface area (Å²) in [7, 11) is 0. The van der Waals surface area contributed by atoms with Crippen LogP contribution >= 0.6 is 0 Å². The third kappa shape index (κ3) is 40.3. The molecule has 0 saturated heterocycles. The smallest absolute Gasteiger partial charge is 0.220 e. The monoisotopic (exact) mass is 734 g/mol. The van der Waals surface area contributed by atoms with Gasteiger partial charge in [-0.05, 0) is 19.3 Å². The fraction of sp³-hybridized carbons (Fsp3) is 0.938. The molecule has 0 spiro atoms. The lowest BCUT2D eigenvalue weighted by Crippen LogP contribution is -2.45. The number of nitrogens with one attached hydrogen (secondary N) is 1. The van der Waals surface area contributed by atoms with Crippen LogP contribution in [-0.4, -0.2) is 34.9 Å². The Labute approximate surface area is 327 Å². The zero-order chi connectivity index (χ0) is 37.8. The minimum absolute atomic E-state index is 0.0585. The molecule has 2 atom stereocenters. The molecule has 0 aromatic rings. The van der Waals surface area contributed by atoms with E-state index in [0.717, 1.165) is 25.7 Å². The normalized spacial score (nSPS) is 12.9. The molecule has 0 aromatic carbocycles. The van der Waals surface area contributed by atoms with Crippen molar-refractivity contribution in [3.63, 3.8) is 0 Å². The molecule has 0 heterocycles. The number of hydrogen-bond donors (Lipinski definition) is 3. The topological polar surface area (TPSA) is 69.6 Å². The average molecular weight is 734 g/mol. The summed E-state index contributed by atoms with van der Waals surface area (Å²) in [6.45, 7) is 4.33. The van der Waals surface area contributed by atoms with E-state index in [1.54, 1.807) is 6.08 Å². The number of carbonyl (C=O) groups is 1. The Balaban J connectivity index is 3.45. The highest BCUT2D eigenvalue weighted by molar-refractivity contribution is 5.76. The minimum atomic E-state index is -0.833. The number of rotatable bonds is 44. The number of amides is 1. The lowest BCUT2D eigenvalue weighted by Gasteiger charge is -2.20. The molecule has 310 valence electrons. The fourth-order valence-electron chi connectivity index (χ4n) is 7.59. The molecular weight excluding hydrogens is 639 g/mol. The highest BCUT2D eigenvalue weighted by atomic mass is 16.3. The Bertz CT molecular complexity index is 710. The highest BCUT2D eigenvalue weighted by Gasteiger charge is 2.18. The van der Waals surface area contributed by atoms with Gasteiger partial charge in [0.1, 0.15) is 0 Å². The van der Waals surface area contributed by atoms with Crippen LogP contribution in [0.2, 0.25) is 0 Å². The van der Waals surface area contributed by atoms with Gasteiger partial charge in [0.15, 0.2) is 0 Å². The molecule has 52 heavy (non-hydrogen) atoms. The zero-order valence-corrected chi connectivity index (χ0v) is 35.6. The Morgan fingerprint density at radius 3 is 1.00 bits per heavy atom. The molecule has 0 saturated carbocycles. The Kier molecular flexibility index (Phi) is 43.8. The van der Waals surface area contributed by atoms with Gasteiger partial charge in [0.2, 0.25) is 5.91 Å². The van der Waals surface area contributed by atoms with E-state index in [0.29, 0.717) is 6.42 Å². The number of aliphatic hydroxyl groups is 2. The predicted molar refractivity (Wildman–Crippen MR) is 230 cm³/mol.